The Morgan fingerprint density at radius 1 is 1.83 bits per heavy atom. The average Bonchev–Trinajstić information content (AvgIpc) is 2.28. The molecule has 0 fully saturated rings. The van der Waals surface area contributed by atoms with Crippen LogP contribution in [0.4, 0.5) is 0 Å². The lowest BCUT2D eigenvalue weighted by molar-refractivity contribution is -0.821. The molecule has 0 spiro atoms. The van der Waals surface area contributed by atoms with Crippen molar-refractivity contribution in [3.8, 4) is 0 Å². The van der Waals surface area contributed by atoms with Gasteiger partial charge in [0.2, 0.25) is 11.4 Å². The topological polar surface area (TPSA) is 105 Å². The highest BCUT2D eigenvalue weighted by atomic mass is 17.0. The van der Waals surface area contributed by atoms with Crippen LogP contribution >= 0.6 is 0 Å². The van der Waals surface area contributed by atoms with Gasteiger partial charge in [0.05, 0.1) is 0 Å². The van der Waals surface area contributed by atoms with Gasteiger partial charge in [0.1, 0.15) is 0 Å². The van der Waals surface area contributed by atoms with E-state index in [-0.39, 0.29) is 16.3 Å². The highest BCUT2D eigenvalue weighted by Gasteiger charge is 2.15. The van der Waals surface area contributed by atoms with Crippen LogP contribution in [0.2, 0.25) is 0 Å². The summed E-state index contributed by atoms with van der Waals surface area (Å²) in [6.07, 6.45) is 0. The largest absolute Gasteiger partial charge is 0.359 e. The Hall–Kier alpha value is -1.86. The highest BCUT2D eigenvalue weighted by molar-refractivity contribution is 4.97. The predicted molar refractivity (Wildman–Crippen MR) is 32.0 cm³/mol. The van der Waals surface area contributed by atoms with Crippen molar-refractivity contribution >= 4 is 0 Å². The highest BCUT2D eigenvalue weighted by Crippen LogP contribution is 1.99. The Bertz CT molecular complexity index is 275. The lowest BCUT2D eigenvalue weighted by Gasteiger charge is -1.94. The molecule has 0 N–H and O–H groups in total. The van der Waals surface area contributed by atoms with E-state index < -0.39 is 11.7 Å². The Balaban J connectivity index is 2.68. The van der Waals surface area contributed by atoms with Crippen LogP contribution in [-0.2, 0) is 11.4 Å². The number of hydrogen-bond donors (Lipinski definition) is 0. The Morgan fingerprint density at radius 2 is 2.50 bits per heavy atom. The van der Waals surface area contributed by atoms with Crippen molar-refractivity contribution in [3.63, 3.8) is 0 Å². The summed E-state index contributed by atoms with van der Waals surface area (Å²) in [6.45, 7) is 1.03. The van der Waals surface area contributed by atoms with E-state index in [0.717, 1.165) is 0 Å². The van der Waals surface area contributed by atoms with Crippen LogP contribution in [0.5, 0.6) is 0 Å². The summed E-state index contributed by atoms with van der Waals surface area (Å²) in [7, 11) is 0. The van der Waals surface area contributed by atoms with E-state index in [1.165, 1.54) is 6.92 Å². The van der Waals surface area contributed by atoms with Crippen LogP contribution in [0.3, 0.4) is 0 Å². The molecule has 0 bridgehead atoms. The van der Waals surface area contributed by atoms with Crippen molar-refractivity contribution in [2.45, 2.75) is 13.5 Å². The predicted octanol–water partition coefficient (Wildman–Crippen LogP) is -0.675. The third-order valence-corrected chi connectivity index (χ3v) is 1.20. The Morgan fingerprint density at radius 3 is 2.92 bits per heavy atom. The molecule has 1 aromatic rings. The molecule has 0 aliphatic carbocycles. The van der Waals surface area contributed by atoms with Gasteiger partial charge in [-0.05, 0) is 4.90 Å². The summed E-state index contributed by atoms with van der Waals surface area (Å²) < 4.78 is 4.14. The number of hydrogen-bond acceptors (Lipinski definition) is 6. The van der Waals surface area contributed by atoms with E-state index in [1.807, 2.05) is 0 Å². The molecule has 1 heterocycles. The lowest BCUT2D eigenvalue weighted by atomic mass is 10.4. The molecule has 8 heteroatoms. The fourth-order valence-electron chi connectivity index (χ4n) is 0.603. The molecule has 12 heavy (non-hydrogen) atoms. The van der Waals surface area contributed by atoms with Gasteiger partial charge in [0, 0.05) is 12.1 Å². The van der Waals surface area contributed by atoms with Crippen molar-refractivity contribution in [3.05, 3.63) is 26.7 Å². The molecule has 0 aliphatic rings. The molecule has 0 aromatic carbocycles. The molecule has 0 amide bonds. The fourth-order valence-corrected chi connectivity index (χ4v) is 0.603. The number of nitrogens with zero attached hydrogens (tertiary/aromatic N) is 3. The Kier molecular flexibility index (Phi) is 2.08. The van der Waals surface area contributed by atoms with Gasteiger partial charge < -0.3 is 10.0 Å². The summed E-state index contributed by atoms with van der Waals surface area (Å²) in [5, 5.41) is 22.6. The van der Waals surface area contributed by atoms with Crippen molar-refractivity contribution in [1.29, 1.82) is 0 Å². The second-order valence-electron chi connectivity index (χ2n) is 1.96. The van der Waals surface area contributed by atoms with Crippen LogP contribution in [0, 0.1) is 22.2 Å². The van der Waals surface area contributed by atoms with E-state index in [1.54, 1.807) is 0 Å². The first kappa shape index (κ1) is 8.24. The molecule has 0 saturated carbocycles. The van der Waals surface area contributed by atoms with Gasteiger partial charge in [-0.2, -0.15) is 0 Å². The van der Waals surface area contributed by atoms with E-state index >= 15 is 0 Å². The SMILES string of the molecule is Cc1no[n+]([O-])c1CO[N+](=O)[O-]. The fraction of sp³-hybridized carbons (Fsp3) is 0.500. The minimum atomic E-state index is -0.994. The number of aromatic nitrogens is 2. The molecule has 66 valence electrons. The normalized spacial score (nSPS) is 9.75. The summed E-state index contributed by atoms with van der Waals surface area (Å²) in [4.78, 5) is 13.8. The smallest absolute Gasteiger partial charge is 0.294 e. The molecule has 0 saturated heterocycles. The Labute approximate surface area is 66.0 Å². The second-order valence-corrected chi connectivity index (χ2v) is 1.96. The van der Waals surface area contributed by atoms with Gasteiger partial charge in [0.25, 0.3) is 5.09 Å². The van der Waals surface area contributed by atoms with Crippen molar-refractivity contribution < 1.29 is 19.5 Å². The number of rotatable bonds is 3. The zero-order valence-corrected chi connectivity index (χ0v) is 6.09. The minimum Gasteiger partial charge on any atom is -0.359 e. The maximum Gasteiger partial charge on any atom is 0.294 e. The van der Waals surface area contributed by atoms with Gasteiger partial charge in [-0.15, -0.1) is 10.1 Å². The third-order valence-electron chi connectivity index (χ3n) is 1.20. The zero-order valence-electron chi connectivity index (χ0n) is 6.09. The van der Waals surface area contributed by atoms with Crippen molar-refractivity contribution in [2.75, 3.05) is 0 Å². The van der Waals surface area contributed by atoms with Crippen LogP contribution in [-0.4, -0.2) is 10.2 Å². The van der Waals surface area contributed by atoms with E-state index in [4.69, 9.17) is 0 Å². The minimum absolute atomic E-state index is 0.00769. The van der Waals surface area contributed by atoms with Crippen LogP contribution in [0.25, 0.3) is 0 Å². The molecule has 8 nitrogen and oxygen atoms in total. The molecule has 0 atom stereocenters. The summed E-state index contributed by atoms with van der Waals surface area (Å²) in [5.41, 5.74) is 0.263. The monoisotopic (exact) mass is 175 g/mol. The van der Waals surface area contributed by atoms with Crippen LogP contribution < -0.4 is 4.90 Å². The van der Waals surface area contributed by atoms with E-state index in [2.05, 4.69) is 14.6 Å². The molecule has 0 unspecified atom stereocenters. The maximum atomic E-state index is 10.6. The van der Waals surface area contributed by atoms with Crippen molar-refractivity contribution in [1.82, 2.24) is 5.16 Å². The first-order valence-electron chi connectivity index (χ1n) is 2.93. The van der Waals surface area contributed by atoms with Gasteiger partial charge >= 0.3 is 0 Å². The summed E-state index contributed by atoms with van der Waals surface area (Å²) >= 11 is 0. The molecular formula is C4H5N3O5. The first-order valence-corrected chi connectivity index (χ1v) is 2.93. The van der Waals surface area contributed by atoms with Crippen LogP contribution in [0.15, 0.2) is 4.63 Å². The quantitative estimate of drug-likeness (QED) is 0.342. The summed E-state index contributed by atoms with van der Waals surface area (Å²) in [5.74, 6) is 0. The van der Waals surface area contributed by atoms with E-state index in [9.17, 15) is 15.3 Å². The molecule has 1 aromatic heterocycles. The van der Waals surface area contributed by atoms with Gasteiger partial charge in [-0.1, -0.05) is 0 Å². The second kappa shape index (κ2) is 3.03. The standard InChI is InChI=1S/C4H5N3O5/c1-3-4(2-11-7(9)10)6(8)12-5-3/h2H2,1H3. The first-order chi connectivity index (χ1) is 5.61. The average molecular weight is 175 g/mol. The van der Waals surface area contributed by atoms with Crippen LogP contribution in [0.1, 0.15) is 11.4 Å². The van der Waals surface area contributed by atoms with Gasteiger partial charge in [-0.3, -0.25) is 4.63 Å². The third kappa shape index (κ3) is 1.59. The maximum absolute atomic E-state index is 10.6. The molecule has 0 aliphatic heterocycles. The summed E-state index contributed by atoms with van der Waals surface area (Å²) in [6, 6.07) is 0. The van der Waals surface area contributed by atoms with Crippen molar-refractivity contribution in [2.24, 2.45) is 0 Å². The number of aryl methyl sites for hydroxylation is 1. The molecular weight excluding hydrogens is 170 g/mol. The van der Waals surface area contributed by atoms with Gasteiger partial charge in [-0.25, -0.2) is 0 Å². The molecule has 1 rings (SSSR count). The van der Waals surface area contributed by atoms with Gasteiger partial charge in [0.15, 0.2) is 6.61 Å². The van der Waals surface area contributed by atoms with E-state index in [0.29, 0.717) is 0 Å². The zero-order chi connectivity index (χ0) is 9.14. The lowest BCUT2D eigenvalue weighted by Crippen LogP contribution is -2.29. The molecule has 0 radical (unpaired) electrons.